The number of nitrogens with zero attached hydrogens (tertiary/aromatic N) is 1. The number of carbonyl (C=O) groups is 1. The van der Waals surface area contributed by atoms with E-state index in [1.807, 2.05) is 25.1 Å². The molecule has 30 heavy (non-hydrogen) atoms. The van der Waals surface area contributed by atoms with E-state index in [2.05, 4.69) is 10.3 Å². The molecule has 0 saturated heterocycles. The smallest absolute Gasteiger partial charge is 0.259 e. The Balaban J connectivity index is 1.65. The summed E-state index contributed by atoms with van der Waals surface area (Å²) in [5.74, 6) is 1.08. The maximum absolute atomic E-state index is 12.8. The zero-order valence-electron chi connectivity index (χ0n) is 16.7. The highest BCUT2D eigenvalue weighted by molar-refractivity contribution is 6.33. The molecule has 6 nitrogen and oxygen atoms in total. The van der Waals surface area contributed by atoms with E-state index in [9.17, 15) is 4.79 Å². The Hall–Kier alpha value is -3.51. The van der Waals surface area contributed by atoms with Gasteiger partial charge in [-0.25, -0.2) is 4.98 Å². The average Bonchev–Trinajstić information content (AvgIpc) is 3.17. The SMILES string of the molecule is COc1ccc(C(=O)Nc2ccc(Cl)c(-c3nc4ccc(C)cc4o3)c2)c(OC)c1. The fourth-order valence-corrected chi connectivity index (χ4v) is 3.30. The number of rotatable bonds is 5. The minimum Gasteiger partial charge on any atom is -0.497 e. The highest BCUT2D eigenvalue weighted by atomic mass is 35.5. The molecule has 0 bridgehead atoms. The third kappa shape index (κ3) is 3.82. The van der Waals surface area contributed by atoms with Crippen LogP contribution in [0.5, 0.6) is 11.5 Å². The number of fused-ring (bicyclic) bond motifs is 1. The Morgan fingerprint density at radius 2 is 1.87 bits per heavy atom. The number of ether oxygens (including phenoxy) is 2. The lowest BCUT2D eigenvalue weighted by Crippen LogP contribution is -2.13. The van der Waals surface area contributed by atoms with E-state index < -0.39 is 0 Å². The molecule has 0 fully saturated rings. The van der Waals surface area contributed by atoms with Gasteiger partial charge in [0.1, 0.15) is 17.0 Å². The number of hydrogen-bond acceptors (Lipinski definition) is 5. The summed E-state index contributed by atoms with van der Waals surface area (Å²) >= 11 is 6.38. The largest absolute Gasteiger partial charge is 0.497 e. The first kappa shape index (κ1) is 19.8. The first-order valence-electron chi connectivity index (χ1n) is 9.19. The molecular weight excluding hydrogens is 404 g/mol. The summed E-state index contributed by atoms with van der Waals surface area (Å²) in [7, 11) is 3.05. The van der Waals surface area contributed by atoms with Crippen LogP contribution in [0.1, 0.15) is 15.9 Å². The van der Waals surface area contributed by atoms with Gasteiger partial charge in [0.2, 0.25) is 5.89 Å². The maximum Gasteiger partial charge on any atom is 0.259 e. The van der Waals surface area contributed by atoms with Gasteiger partial charge in [-0.3, -0.25) is 4.79 Å². The van der Waals surface area contributed by atoms with Crippen molar-refractivity contribution in [2.24, 2.45) is 0 Å². The van der Waals surface area contributed by atoms with Crippen molar-refractivity contribution in [3.63, 3.8) is 0 Å². The van der Waals surface area contributed by atoms with Crippen molar-refractivity contribution in [1.29, 1.82) is 0 Å². The number of aromatic nitrogens is 1. The third-order valence-corrected chi connectivity index (χ3v) is 4.98. The summed E-state index contributed by atoms with van der Waals surface area (Å²) in [4.78, 5) is 17.3. The Morgan fingerprint density at radius 1 is 1.03 bits per heavy atom. The summed E-state index contributed by atoms with van der Waals surface area (Å²) < 4.78 is 16.4. The van der Waals surface area contributed by atoms with Gasteiger partial charge in [0.25, 0.3) is 5.91 Å². The van der Waals surface area contributed by atoms with Crippen molar-refractivity contribution < 1.29 is 18.7 Å². The van der Waals surface area contributed by atoms with Crippen LogP contribution >= 0.6 is 11.6 Å². The summed E-state index contributed by atoms with van der Waals surface area (Å²) in [6, 6.07) is 15.9. The van der Waals surface area contributed by atoms with Crippen LogP contribution in [0.4, 0.5) is 5.69 Å². The van der Waals surface area contributed by atoms with Gasteiger partial charge >= 0.3 is 0 Å². The summed E-state index contributed by atoms with van der Waals surface area (Å²) in [6.45, 7) is 1.98. The molecule has 152 valence electrons. The van der Waals surface area contributed by atoms with Crippen molar-refractivity contribution in [2.45, 2.75) is 6.92 Å². The molecule has 1 aromatic heterocycles. The molecule has 0 atom stereocenters. The number of anilines is 1. The van der Waals surface area contributed by atoms with Crippen LogP contribution in [0.2, 0.25) is 5.02 Å². The lowest BCUT2D eigenvalue weighted by atomic mass is 10.1. The van der Waals surface area contributed by atoms with Gasteiger partial charge < -0.3 is 19.2 Å². The molecule has 0 aliphatic heterocycles. The first-order valence-corrected chi connectivity index (χ1v) is 9.57. The molecule has 4 aromatic rings. The Bertz CT molecular complexity index is 1250. The number of hydrogen-bond donors (Lipinski definition) is 1. The van der Waals surface area contributed by atoms with Gasteiger partial charge in [0.05, 0.1) is 30.4 Å². The predicted molar refractivity (Wildman–Crippen MR) is 117 cm³/mol. The molecule has 1 amide bonds. The fourth-order valence-electron chi connectivity index (χ4n) is 3.10. The zero-order chi connectivity index (χ0) is 21.3. The molecule has 1 N–H and O–H groups in total. The van der Waals surface area contributed by atoms with Gasteiger partial charge in [-0.15, -0.1) is 0 Å². The second kappa shape index (κ2) is 8.08. The molecule has 0 saturated carbocycles. The lowest BCUT2D eigenvalue weighted by Gasteiger charge is -2.11. The Kier molecular flexibility index (Phi) is 5.33. The van der Waals surface area contributed by atoms with E-state index in [1.54, 1.807) is 43.5 Å². The van der Waals surface area contributed by atoms with Gasteiger partial charge in [-0.1, -0.05) is 17.7 Å². The van der Waals surface area contributed by atoms with E-state index in [0.717, 1.165) is 11.1 Å². The number of amides is 1. The van der Waals surface area contributed by atoms with Gasteiger partial charge in [0, 0.05) is 11.8 Å². The maximum atomic E-state index is 12.8. The summed E-state index contributed by atoms with van der Waals surface area (Å²) in [5.41, 5.74) is 4.01. The molecule has 3 aromatic carbocycles. The normalized spacial score (nSPS) is 10.8. The van der Waals surface area contributed by atoms with Crippen LogP contribution in [0, 0.1) is 6.92 Å². The van der Waals surface area contributed by atoms with E-state index in [-0.39, 0.29) is 5.91 Å². The Labute approximate surface area is 178 Å². The van der Waals surface area contributed by atoms with E-state index in [4.69, 9.17) is 25.5 Å². The van der Waals surface area contributed by atoms with Gasteiger partial charge in [-0.05, 0) is 55.0 Å². The van der Waals surface area contributed by atoms with Crippen LogP contribution in [-0.2, 0) is 0 Å². The van der Waals surface area contributed by atoms with Gasteiger partial charge in [0.15, 0.2) is 5.58 Å². The number of nitrogens with one attached hydrogen (secondary N) is 1. The molecule has 7 heteroatoms. The molecule has 4 rings (SSSR count). The van der Waals surface area contributed by atoms with Crippen LogP contribution in [0.15, 0.2) is 59.0 Å². The van der Waals surface area contributed by atoms with Crippen molar-refractivity contribution in [2.75, 3.05) is 19.5 Å². The number of carbonyl (C=O) groups excluding carboxylic acids is 1. The number of aryl methyl sites for hydroxylation is 1. The van der Waals surface area contributed by atoms with Crippen molar-refractivity contribution in [3.05, 3.63) is 70.7 Å². The summed E-state index contributed by atoms with van der Waals surface area (Å²) in [5, 5.41) is 3.33. The monoisotopic (exact) mass is 422 g/mol. The number of benzene rings is 3. The van der Waals surface area contributed by atoms with Crippen LogP contribution in [-0.4, -0.2) is 25.1 Å². The summed E-state index contributed by atoms with van der Waals surface area (Å²) in [6.07, 6.45) is 0. The zero-order valence-corrected chi connectivity index (χ0v) is 17.4. The van der Waals surface area contributed by atoms with Crippen molar-refractivity contribution in [3.8, 4) is 23.0 Å². The van der Waals surface area contributed by atoms with E-state index >= 15 is 0 Å². The average molecular weight is 423 g/mol. The number of methoxy groups -OCH3 is 2. The minimum absolute atomic E-state index is 0.323. The quantitative estimate of drug-likeness (QED) is 0.444. The van der Waals surface area contributed by atoms with Crippen molar-refractivity contribution >= 4 is 34.3 Å². The second-order valence-corrected chi connectivity index (χ2v) is 7.11. The number of halogens is 1. The lowest BCUT2D eigenvalue weighted by molar-refractivity contribution is 0.102. The molecule has 0 aliphatic carbocycles. The third-order valence-electron chi connectivity index (χ3n) is 4.65. The van der Waals surface area contributed by atoms with E-state index in [0.29, 0.717) is 44.8 Å². The molecule has 0 spiro atoms. The standard InChI is InChI=1S/C23H19ClN2O4/c1-13-4-9-19-21(10-13)30-23(26-19)17-11-14(5-8-18(17)24)25-22(27)16-7-6-15(28-2)12-20(16)29-3/h4-12H,1-3H3,(H,25,27). The number of oxazole rings is 1. The molecule has 0 aliphatic rings. The van der Waals surface area contributed by atoms with Crippen LogP contribution in [0.3, 0.4) is 0 Å². The first-order chi connectivity index (χ1) is 14.5. The van der Waals surface area contributed by atoms with Gasteiger partial charge in [-0.2, -0.15) is 0 Å². The molecule has 0 unspecified atom stereocenters. The fraction of sp³-hybridized carbons (Fsp3) is 0.130. The topological polar surface area (TPSA) is 73.6 Å². The molecular formula is C23H19ClN2O4. The second-order valence-electron chi connectivity index (χ2n) is 6.71. The molecule has 0 radical (unpaired) electrons. The van der Waals surface area contributed by atoms with Crippen LogP contribution < -0.4 is 14.8 Å². The minimum atomic E-state index is -0.323. The Morgan fingerprint density at radius 3 is 2.63 bits per heavy atom. The molecule has 1 heterocycles. The highest BCUT2D eigenvalue weighted by Gasteiger charge is 2.16. The van der Waals surface area contributed by atoms with E-state index in [1.165, 1.54) is 7.11 Å². The van der Waals surface area contributed by atoms with Crippen LogP contribution in [0.25, 0.3) is 22.6 Å². The highest BCUT2D eigenvalue weighted by Crippen LogP contribution is 2.33. The predicted octanol–water partition coefficient (Wildman–Crippen LogP) is 5.73. The van der Waals surface area contributed by atoms with Crippen molar-refractivity contribution in [1.82, 2.24) is 4.98 Å².